The third-order valence-corrected chi connectivity index (χ3v) is 5.75. The van der Waals surface area contributed by atoms with Crippen molar-refractivity contribution in [1.82, 2.24) is 5.32 Å². The molecule has 1 aromatic carbocycles. The number of aryl methyl sites for hydroxylation is 2. The zero-order valence-electron chi connectivity index (χ0n) is 16.0. The molecule has 1 aliphatic carbocycles. The number of ether oxygens (including phenoxy) is 3. The maximum absolute atomic E-state index is 12.2. The van der Waals surface area contributed by atoms with Crippen molar-refractivity contribution in [1.29, 1.82) is 0 Å². The van der Waals surface area contributed by atoms with E-state index in [0.29, 0.717) is 22.9 Å². The summed E-state index contributed by atoms with van der Waals surface area (Å²) in [5.41, 5.74) is 1.26. The van der Waals surface area contributed by atoms with E-state index in [9.17, 15) is 9.59 Å². The molecule has 0 aliphatic heterocycles. The summed E-state index contributed by atoms with van der Waals surface area (Å²) in [7, 11) is 1.57. The molecular formula is C21H25NO5S. The third kappa shape index (κ3) is 5.48. The molecule has 0 unspecified atom stereocenters. The summed E-state index contributed by atoms with van der Waals surface area (Å²) in [5, 5.41) is 2.68. The monoisotopic (exact) mass is 403 g/mol. The van der Waals surface area contributed by atoms with Gasteiger partial charge in [0.25, 0.3) is 5.91 Å². The minimum Gasteiger partial charge on any atom is -0.493 e. The van der Waals surface area contributed by atoms with E-state index in [-0.39, 0.29) is 19.1 Å². The van der Waals surface area contributed by atoms with Gasteiger partial charge in [0.05, 0.1) is 13.7 Å². The molecule has 0 saturated carbocycles. The van der Waals surface area contributed by atoms with Crippen LogP contribution in [0.4, 0.5) is 0 Å². The Morgan fingerprint density at radius 3 is 2.71 bits per heavy atom. The number of benzene rings is 1. The van der Waals surface area contributed by atoms with Gasteiger partial charge in [0, 0.05) is 4.88 Å². The number of rotatable bonds is 8. The predicted molar refractivity (Wildman–Crippen MR) is 107 cm³/mol. The van der Waals surface area contributed by atoms with Crippen LogP contribution in [0.1, 0.15) is 39.4 Å². The zero-order valence-corrected chi connectivity index (χ0v) is 16.8. The van der Waals surface area contributed by atoms with E-state index >= 15 is 0 Å². The molecule has 2 aromatic rings. The van der Waals surface area contributed by atoms with Crippen LogP contribution in [0.15, 0.2) is 30.3 Å². The predicted octanol–water partition coefficient (Wildman–Crippen LogP) is 3.38. The average molecular weight is 404 g/mol. The van der Waals surface area contributed by atoms with Gasteiger partial charge < -0.3 is 19.5 Å². The fraction of sp³-hybridized carbons (Fsp3) is 0.429. The molecule has 28 heavy (non-hydrogen) atoms. The molecular weight excluding hydrogens is 378 g/mol. The lowest BCUT2D eigenvalue weighted by Gasteiger charge is -2.10. The number of amides is 1. The second-order valence-electron chi connectivity index (χ2n) is 6.55. The van der Waals surface area contributed by atoms with Gasteiger partial charge in [0.1, 0.15) is 11.5 Å². The van der Waals surface area contributed by atoms with Gasteiger partial charge in [-0.15, -0.1) is 11.3 Å². The van der Waals surface area contributed by atoms with E-state index in [1.807, 2.05) is 18.2 Å². The van der Waals surface area contributed by atoms with Gasteiger partial charge in [-0.25, -0.2) is 4.79 Å². The Morgan fingerprint density at radius 1 is 1.11 bits per heavy atom. The van der Waals surface area contributed by atoms with Crippen molar-refractivity contribution in [2.75, 3.05) is 26.9 Å². The highest BCUT2D eigenvalue weighted by Crippen LogP contribution is 2.29. The molecule has 0 fully saturated rings. The maximum atomic E-state index is 12.2. The number of thiophene rings is 1. The van der Waals surface area contributed by atoms with Crippen molar-refractivity contribution in [2.45, 2.75) is 32.1 Å². The summed E-state index contributed by atoms with van der Waals surface area (Å²) in [6, 6.07) is 9.22. The summed E-state index contributed by atoms with van der Waals surface area (Å²) in [5.74, 6) is 0.467. The number of hydrogen-bond donors (Lipinski definition) is 1. The Morgan fingerprint density at radius 2 is 1.89 bits per heavy atom. The number of esters is 1. The van der Waals surface area contributed by atoms with E-state index < -0.39 is 5.97 Å². The van der Waals surface area contributed by atoms with Crippen molar-refractivity contribution in [3.8, 4) is 11.5 Å². The van der Waals surface area contributed by atoms with Gasteiger partial charge >= 0.3 is 5.97 Å². The lowest BCUT2D eigenvalue weighted by atomic mass is 10.1. The van der Waals surface area contributed by atoms with E-state index in [1.54, 1.807) is 19.2 Å². The van der Waals surface area contributed by atoms with Crippen molar-refractivity contribution in [3.05, 3.63) is 45.6 Å². The molecule has 1 aliphatic rings. The zero-order chi connectivity index (χ0) is 19.8. The molecule has 7 heteroatoms. The number of fused-ring (bicyclic) bond motifs is 1. The first-order valence-corrected chi connectivity index (χ1v) is 10.3. The number of carbonyl (C=O) groups excluding carboxylic acids is 2. The molecule has 0 radical (unpaired) electrons. The average Bonchev–Trinajstić information content (AvgIpc) is 3.00. The van der Waals surface area contributed by atoms with Gasteiger partial charge in [-0.05, 0) is 49.4 Å². The van der Waals surface area contributed by atoms with Gasteiger partial charge in [-0.2, -0.15) is 0 Å². The van der Waals surface area contributed by atoms with Crippen molar-refractivity contribution < 1.29 is 23.8 Å². The molecule has 1 N–H and O–H groups in total. The van der Waals surface area contributed by atoms with Crippen molar-refractivity contribution >= 4 is 23.2 Å². The molecule has 0 spiro atoms. The molecule has 1 amide bonds. The SMILES string of the molecule is COc1ccccc1OCCNC(=O)COC(=O)c1cc2c(s1)CCCCC2. The molecule has 1 heterocycles. The Balaban J connectivity index is 1.38. The van der Waals surface area contributed by atoms with Crippen LogP contribution in [0.5, 0.6) is 11.5 Å². The van der Waals surface area contributed by atoms with E-state index in [1.165, 1.54) is 34.6 Å². The maximum Gasteiger partial charge on any atom is 0.348 e. The second-order valence-corrected chi connectivity index (χ2v) is 7.68. The fourth-order valence-electron chi connectivity index (χ4n) is 3.11. The van der Waals surface area contributed by atoms with Gasteiger partial charge in [0.2, 0.25) is 0 Å². The lowest BCUT2D eigenvalue weighted by Crippen LogP contribution is -2.32. The minimum absolute atomic E-state index is 0.289. The summed E-state index contributed by atoms with van der Waals surface area (Å²) in [4.78, 5) is 26.0. The first-order valence-electron chi connectivity index (χ1n) is 9.48. The van der Waals surface area contributed by atoms with Crippen LogP contribution in [0, 0.1) is 0 Å². The highest BCUT2D eigenvalue weighted by atomic mass is 32.1. The molecule has 0 atom stereocenters. The smallest absolute Gasteiger partial charge is 0.348 e. The molecule has 150 valence electrons. The summed E-state index contributed by atoms with van der Waals surface area (Å²) in [6.07, 6.45) is 5.62. The van der Waals surface area contributed by atoms with Crippen LogP contribution < -0.4 is 14.8 Å². The minimum atomic E-state index is -0.432. The van der Waals surface area contributed by atoms with E-state index in [2.05, 4.69) is 5.32 Å². The molecule has 3 rings (SSSR count). The Kier molecular flexibility index (Phi) is 7.31. The number of nitrogens with one attached hydrogen (secondary N) is 1. The normalized spacial score (nSPS) is 13.2. The Hall–Kier alpha value is -2.54. The van der Waals surface area contributed by atoms with Crippen LogP contribution in [0.3, 0.4) is 0 Å². The van der Waals surface area contributed by atoms with E-state index in [4.69, 9.17) is 14.2 Å². The molecule has 1 aromatic heterocycles. The van der Waals surface area contributed by atoms with E-state index in [0.717, 1.165) is 19.3 Å². The third-order valence-electron chi connectivity index (χ3n) is 4.53. The fourth-order valence-corrected chi connectivity index (χ4v) is 4.26. The quantitative estimate of drug-likeness (QED) is 0.416. The van der Waals surface area contributed by atoms with Crippen LogP contribution in [-0.4, -0.2) is 38.7 Å². The van der Waals surface area contributed by atoms with Crippen molar-refractivity contribution in [2.24, 2.45) is 0 Å². The number of hydrogen-bond acceptors (Lipinski definition) is 6. The lowest BCUT2D eigenvalue weighted by molar-refractivity contribution is -0.124. The topological polar surface area (TPSA) is 73.9 Å². The van der Waals surface area contributed by atoms with Gasteiger partial charge in [0.15, 0.2) is 18.1 Å². The summed E-state index contributed by atoms with van der Waals surface area (Å²) in [6.45, 7) is 0.301. The summed E-state index contributed by atoms with van der Waals surface area (Å²) < 4.78 is 15.9. The number of carbonyl (C=O) groups is 2. The highest BCUT2D eigenvalue weighted by molar-refractivity contribution is 7.14. The van der Waals surface area contributed by atoms with Crippen molar-refractivity contribution in [3.63, 3.8) is 0 Å². The van der Waals surface area contributed by atoms with Crippen LogP contribution in [0.25, 0.3) is 0 Å². The molecule has 0 saturated heterocycles. The standard InChI is InChI=1S/C21H25NO5S/c1-25-16-8-5-6-9-17(16)26-12-11-22-20(23)14-27-21(24)19-13-15-7-3-2-4-10-18(15)28-19/h5-6,8-9,13H,2-4,7,10-12,14H2,1H3,(H,22,23). The Labute approximate surface area is 168 Å². The van der Waals surface area contributed by atoms with Crippen LogP contribution >= 0.6 is 11.3 Å². The van der Waals surface area contributed by atoms with Crippen LogP contribution in [0.2, 0.25) is 0 Å². The van der Waals surface area contributed by atoms with Crippen LogP contribution in [-0.2, 0) is 22.4 Å². The number of para-hydroxylation sites is 2. The summed E-state index contributed by atoms with van der Waals surface area (Å²) >= 11 is 1.49. The van der Waals surface area contributed by atoms with Gasteiger partial charge in [-0.1, -0.05) is 18.6 Å². The molecule has 6 nitrogen and oxygen atoms in total. The number of methoxy groups -OCH3 is 1. The first-order chi connectivity index (χ1) is 13.7. The largest absolute Gasteiger partial charge is 0.493 e. The second kappa shape index (κ2) is 10.1. The molecule has 0 bridgehead atoms. The Bertz CT molecular complexity index is 793. The van der Waals surface area contributed by atoms with Gasteiger partial charge in [-0.3, -0.25) is 4.79 Å². The first kappa shape index (κ1) is 20.2. The highest BCUT2D eigenvalue weighted by Gasteiger charge is 2.18.